The molecule has 1 aliphatic heterocycles. The number of nitrogens with zero attached hydrogens (tertiary/aromatic N) is 1. The number of likely N-dealkylation sites (tertiary alicyclic amines) is 1. The van der Waals surface area contributed by atoms with Gasteiger partial charge in [-0.15, -0.1) is 0 Å². The Labute approximate surface area is 125 Å². The van der Waals surface area contributed by atoms with Gasteiger partial charge in [0.15, 0.2) is 0 Å². The molecule has 1 N–H and O–H groups in total. The molecule has 1 aliphatic rings. The second-order valence-electron chi connectivity index (χ2n) is 5.96. The molecule has 0 aromatic heterocycles. The molecule has 118 valence electrons. The quantitative estimate of drug-likeness (QED) is 0.868. The van der Waals surface area contributed by atoms with Gasteiger partial charge in [-0.05, 0) is 62.5 Å². The summed E-state index contributed by atoms with van der Waals surface area (Å²) in [5, 5.41) is 10.8. The largest absolute Gasteiger partial charge is 0.391 e. The van der Waals surface area contributed by atoms with Gasteiger partial charge in [0.1, 0.15) is 11.6 Å². The molecule has 1 saturated heterocycles. The number of benzene rings is 1. The first-order valence-corrected chi connectivity index (χ1v) is 7.90. The van der Waals surface area contributed by atoms with E-state index in [0.717, 1.165) is 50.9 Å². The lowest BCUT2D eigenvalue weighted by Gasteiger charge is -2.44. The van der Waals surface area contributed by atoms with E-state index < -0.39 is 17.7 Å². The molecule has 2 nitrogen and oxygen atoms in total. The number of halogens is 2. The van der Waals surface area contributed by atoms with Crippen LogP contribution in [0.3, 0.4) is 0 Å². The van der Waals surface area contributed by atoms with Crippen molar-refractivity contribution in [3.63, 3.8) is 0 Å². The molecule has 1 aromatic carbocycles. The number of aliphatic hydroxyl groups is 1. The van der Waals surface area contributed by atoms with Gasteiger partial charge in [-0.1, -0.05) is 13.8 Å². The minimum Gasteiger partial charge on any atom is -0.391 e. The van der Waals surface area contributed by atoms with E-state index in [9.17, 15) is 13.9 Å². The summed E-state index contributed by atoms with van der Waals surface area (Å²) in [4.78, 5) is 2.33. The van der Waals surface area contributed by atoms with E-state index in [1.165, 1.54) is 6.07 Å². The molecule has 1 heterocycles. The van der Waals surface area contributed by atoms with Crippen molar-refractivity contribution in [3.8, 4) is 0 Å². The molecule has 0 aliphatic carbocycles. The molecule has 0 amide bonds. The summed E-state index contributed by atoms with van der Waals surface area (Å²) < 4.78 is 27.1. The minimum absolute atomic E-state index is 0.155. The smallest absolute Gasteiger partial charge is 0.126 e. The maximum absolute atomic E-state index is 13.8. The molecule has 2 rings (SSSR count). The maximum Gasteiger partial charge on any atom is 0.126 e. The van der Waals surface area contributed by atoms with Crippen molar-refractivity contribution in [2.45, 2.75) is 57.6 Å². The fraction of sp³-hybridized carbons (Fsp3) is 0.647. The van der Waals surface area contributed by atoms with Crippen LogP contribution in [-0.4, -0.2) is 34.7 Å². The Morgan fingerprint density at radius 2 is 1.81 bits per heavy atom. The second-order valence-corrected chi connectivity index (χ2v) is 5.96. The highest BCUT2D eigenvalue weighted by Gasteiger charge is 2.41. The molecule has 1 unspecified atom stereocenters. The summed E-state index contributed by atoms with van der Waals surface area (Å²) in [6, 6.07) is 3.43. The first-order chi connectivity index (χ1) is 10.0. The fourth-order valence-corrected chi connectivity index (χ4v) is 3.64. The molecular weight excluding hydrogens is 272 g/mol. The van der Waals surface area contributed by atoms with Gasteiger partial charge < -0.3 is 5.11 Å². The minimum atomic E-state index is -0.693. The molecule has 0 spiro atoms. The molecule has 21 heavy (non-hydrogen) atoms. The lowest BCUT2D eigenvalue weighted by atomic mass is 9.81. The van der Waals surface area contributed by atoms with Crippen molar-refractivity contribution in [1.82, 2.24) is 4.90 Å². The summed E-state index contributed by atoms with van der Waals surface area (Å²) in [7, 11) is 0. The lowest BCUT2D eigenvalue weighted by Crippen LogP contribution is -2.55. The Morgan fingerprint density at radius 3 is 2.38 bits per heavy atom. The average Bonchev–Trinajstić information content (AvgIpc) is 2.99. The number of hydrogen-bond donors (Lipinski definition) is 1. The van der Waals surface area contributed by atoms with Crippen LogP contribution in [0, 0.1) is 11.6 Å². The summed E-state index contributed by atoms with van der Waals surface area (Å²) >= 11 is 0. The van der Waals surface area contributed by atoms with Crippen LogP contribution < -0.4 is 0 Å². The first kappa shape index (κ1) is 16.4. The predicted molar refractivity (Wildman–Crippen MR) is 80.2 cm³/mol. The summed E-state index contributed by atoms with van der Waals surface area (Å²) in [6.07, 6.45) is 3.36. The Kier molecular flexibility index (Phi) is 5.33. The molecule has 0 saturated carbocycles. The Hall–Kier alpha value is -1.00. The third-order valence-electron chi connectivity index (χ3n) is 5.00. The summed E-state index contributed by atoms with van der Waals surface area (Å²) in [5.41, 5.74) is -0.0807. The van der Waals surface area contributed by atoms with Gasteiger partial charge in [0.05, 0.1) is 6.10 Å². The predicted octanol–water partition coefficient (Wildman–Crippen LogP) is 3.52. The number of aliphatic hydroxyl groups excluding tert-OH is 1. The van der Waals surface area contributed by atoms with Crippen LogP contribution in [0.4, 0.5) is 8.78 Å². The van der Waals surface area contributed by atoms with Crippen LogP contribution >= 0.6 is 0 Å². The van der Waals surface area contributed by atoms with Gasteiger partial charge >= 0.3 is 0 Å². The maximum atomic E-state index is 13.8. The molecule has 0 radical (unpaired) electrons. The van der Waals surface area contributed by atoms with E-state index in [-0.39, 0.29) is 17.5 Å². The van der Waals surface area contributed by atoms with Crippen LogP contribution in [-0.2, 0) is 6.42 Å². The van der Waals surface area contributed by atoms with Crippen LogP contribution in [0.15, 0.2) is 18.2 Å². The van der Waals surface area contributed by atoms with Crippen molar-refractivity contribution < 1.29 is 13.9 Å². The highest BCUT2D eigenvalue weighted by Crippen LogP contribution is 2.33. The molecule has 1 atom stereocenters. The molecule has 4 heteroatoms. The molecular formula is C17H25F2NO. The van der Waals surface area contributed by atoms with Gasteiger partial charge in [0, 0.05) is 12.0 Å². The summed E-state index contributed by atoms with van der Waals surface area (Å²) in [5.74, 6) is -0.906. The van der Waals surface area contributed by atoms with Crippen molar-refractivity contribution in [2.24, 2.45) is 0 Å². The highest BCUT2D eigenvalue weighted by atomic mass is 19.1. The highest BCUT2D eigenvalue weighted by molar-refractivity contribution is 5.20. The zero-order valence-corrected chi connectivity index (χ0v) is 12.9. The second kappa shape index (κ2) is 6.84. The zero-order chi connectivity index (χ0) is 15.5. The fourth-order valence-electron chi connectivity index (χ4n) is 3.64. The van der Waals surface area contributed by atoms with Gasteiger partial charge in [0.2, 0.25) is 0 Å². The lowest BCUT2D eigenvalue weighted by molar-refractivity contribution is -0.0273. The summed E-state index contributed by atoms with van der Waals surface area (Å²) in [6.45, 7) is 6.08. The Bertz CT molecular complexity index is 468. The van der Waals surface area contributed by atoms with Gasteiger partial charge in [-0.25, -0.2) is 8.78 Å². The number of rotatable bonds is 6. The van der Waals surface area contributed by atoms with Gasteiger partial charge in [-0.2, -0.15) is 0 Å². The molecule has 1 fully saturated rings. The third kappa shape index (κ3) is 3.27. The first-order valence-electron chi connectivity index (χ1n) is 7.90. The van der Waals surface area contributed by atoms with E-state index in [4.69, 9.17) is 0 Å². The molecule has 0 bridgehead atoms. The van der Waals surface area contributed by atoms with Crippen molar-refractivity contribution in [2.75, 3.05) is 13.1 Å². The van der Waals surface area contributed by atoms with Gasteiger partial charge in [-0.3, -0.25) is 4.90 Å². The van der Waals surface area contributed by atoms with Crippen molar-refractivity contribution in [1.29, 1.82) is 0 Å². The topological polar surface area (TPSA) is 23.5 Å². The van der Waals surface area contributed by atoms with Crippen LogP contribution in [0.25, 0.3) is 0 Å². The van der Waals surface area contributed by atoms with Crippen LogP contribution in [0.5, 0.6) is 0 Å². The Balaban J connectivity index is 2.22. The van der Waals surface area contributed by atoms with Crippen molar-refractivity contribution in [3.05, 3.63) is 35.4 Å². The Morgan fingerprint density at radius 1 is 1.19 bits per heavy atom. The van der Waals surface area contributed by atoms with Crippen molar-refractivity contribution >= 4 is 0 Å². The van der Waals surface area contributed by atoms with E-state index >= 15 is 0 Å². The van der Waals surface area contributed by atoms with Crippen LogP contribution in [0.2, 0.25) is 0 Å². The normalized spacial score (nSPS) is 18.1. The van der Waals surface area contributed by atoms with E-state index in [2.05, 4.69) is 18.7 Å². The molecule has 1 aromatic rings. The standard InChI is InChI=1S/C17H25F2NO/c1-3-17(4-2,20-9-5-6-10-20)16(21)12-13-11-14(18)7-8-15(13)19/h7-8,11,16,21H,3-6,9-10,12H2,1-2H3. The van der Waals surface area contributed by atoms with E-state index in [1.54, 1.807) is 0 Å². The average molecular weight is 297 g/mol. The third-order valence-corrected chi connectivity index (χ3v) is 5.00. The van der Waals surface area contributed by atoms with E-state index in [0.29, 0.717) is 0 Å². The number of hydrogen-bond acceptors (Lipinski definition) is 2. The SMILES string of the molecule is CCC(CC)(C(O)Cc1cc(F)ccc1F)N1CCCC1. The zero-order valence-electron chi connectivity index (χ0n) is 12.9. The van der Waals surface area contributed by atoms with Gasteiger partial charge in [0.25, 0.3) is 0 Å². The monoisotopic (exact) mass is 297 g/mol. The van der Waals surface area contributed by atoms with E-state index in [1.807, 2.05) is 0 Å². The van der Waals surface area contributed by atoms with Crippen LogP contribution in [0.1, 0.15) is 45.1 Å².